The van der Waals surface area contributed by atoms with Crippen LogP contribution < -0.4 is 0 Å². The maximum absolute atomic E-state index is 8.28. The van der Waals surface area contributed by atoms with Crippen molar-refractivity contribution in [3.05, 3.63) is 0 Å². The van der Waals surface area contributed by atoms with E-state index in [9.17, 15) is 0 Å². The van der Waals surface area contributed by atoms with Gasteiger partial charge < -0.3 is 0 Å². The van der Waals surface area contributed by atoms with Gasteiger partial charge in [-0.15, -0.1) is 0 Å². The zero-order valence-corrected chi connectivity index (χ0v) is 4.09. The SMILES string of the molecule is [AlH3].[Mn].[O]=[AlH]. The predicted octanol–water partition coefficient (Wildman–Crippen LogP) is -1.95. The zero-order valence-electron chi connectivity index (χ0n) is 1.49. The standard InChI is InChI=1S/2Al.Mn.O.4H. The van der Waals surface area contributed by atoms with Gasteiger partial charge in [0, 0.05) is 17.1 Å². The summed E-state index contributed by atoms with van der Waals surface area (Å²) in [5.41, 5.74) is 0. The second kappa shape index (κ2) is 26.2. The molecule has 0 atom stereocenters. The fourth-order valence-electron chi connectivity index (χ4n) is 0. The predicted molar refractivity (Wildman–Crippen MR) is 17.8 cm³/mol. The molecular formula is H4Al2MnO. The second-order valence-electron chi connectivity index (χ2n) is 0. The van der Waals surface area contributed by atoms with Crippen LogP contribution in [-0.4, -0.2) is 33.6 Å². The Labute approximate surface area is 54.4 Å². The first-order valence-electron chi connectivity index (χ1n) is 0.289. The van der Waals surface area contributed by atoms with Gasteiger partial charge in [-0.2, -0.15) is 0 Å². The Balaban J connectivity index is -0.00000000500. The molecule has 0 amide bonds. The van der Waals surface area contributed by atoms with Crippen LogP contribution in [0.5, 0.6) is 0 Å². The molecule has 0 aliphatic carbocycles. The molecule has 0 saturated heterocycles. The van der Waals surface area contributed by atoms with E-state index in [1.165, 1.54) is 0 Å². The van der Waals surface area contributed by atoms with Crippen LogP contribution >= 0.6 is 0 Å². The number of hydrogen-bond acceptors (Lipinski definition) is 1. The van der Waals surface area contributed by atoms with E-state index < -0.39 is 0 Å². The molecule has 0 aromatic heterocycles. The van der Waals surface area contributed by atoms with Crippen LogP contribution in [0.3, 0.4) is 0 Å². The molecular weight excluding hydrogens is 125 g/mol. The Bertz CT molecular complexity index is 6.00. The summed E-state index contributed by atoms with van der Waals surface area (Å²) in [5.74, 6) is 0. The van der Waals surface area contributed by atoms with Crippen LogP contribution in [0.4, 0.5) is 0 Å². The second-order valence-corrected chi connectivity index (χ2v) is 0. The van der Waals surface area contributed by atoms with Crippen LogP contribution in [0.2, 0.25) is 0 Å². The van der Waals surface area contributed by atoms with Crippen LogP contribution in [0, 0.1) is 0 Å². The average Bonchev–Trinajstić information content (AvgIpc) is 1.00. The van der Waals surface area contributed by atoms with E-state index in [1.807, 2.05) is 0 Å². The monoisotopic (exact) mass is 129 g/mol. The molecule has 23 valence electrons. The first-order chi connectivity index (χ1) is 1.00. The first-order valence-corrected chi connectivity index (χ1v) is 0.866. The normalized spacial score (nSPS) is 0.750. The zero-order chi connectivity index (χ0) is 2.00. The third kappa shape index (κ3) is 10.0. The molecule has 0 unspecified atom stereocenters. The van der Waals surface area contributed by atoms with Crippen LogP contribution in [0.15, 0.2) is 0 Å². The minimum atomic E-state index is 0. The molecule has 0 saturated carbocycles. The molecule has 0 aliphatic rings. The van der Waals surface area contributed by atoms with E-state index in [2.05, 4.69) is 0 Å². The van der Waals surface area contributed by atoms with Gasteiger partial charge in [0.1, 0.15) is 0 Å². The minimum absolute atomic E-state index is 0. The van der Waals surface area contributed by atoms with Crippen molar-refractivity contribution in [2.45, 2.75) is 0 Å². The first kappa shape index (κ1) is 18.2. The quantitative estimate of drug-likeness (QED) is 0.347. The molecule has 0 spiro atoms. The van der Waals surface area contributed by atoms with E-state index in [0.29, 0.717) is 16.2 Å². The Hall–Kier alpha value is 1.38. The molecule has 0 N–H and O–H groups in total. The fraction of sp³-hybridized carbons (Fsp3) is 0. The van der Waals surface area contributed by atoms with Gasteiger partial charge in [0.15, 0.2) is 17.4 Å². The summed E-state index contributed by atoms with van der Waals surface area (Å²) in [6, 6.07) is 0. The summed E-state index contributed by atoms with van der Waals surface area (Å²) in [5, 5.41) is 0. The van der Waals surface area contributed by atoms with E-state index in [1.54, 1.807) is 0 Å². The van der Waals surface area contributed by atoms with Crippen molar-refractivity contribution in [2.75, 3.05) is 0 Å². The molecule has 0 bridgehead atoms. The molecule has 0 aromatic carbocycles. The van der Waals surface area contributed by atoms with Gasteiger partial charge in [0.25, 0.3) is 0 Å². The van der Waals surface area contributed by atoms with E-state index in [4.69, 9.17) is 3.80 Å². The van der Waals surface area contributed by atoms with Crippen molar-refractivity contribution in [3.8, 4) is 0 Å². The summed E-state index contributed by atoms with van der Waals surface area (Å²) >= 11 is 0.611. The van der Waals surface area contributed by atoms with Crippen molar-refractivity contribution in [1.29, 1.82) is 0 Å². The summed E-state index contributed by atoms with van der Waals surface area (Å²) in [7, 11) is 0. The van der Waals surface area contributed by atoms with Crippen LogP contribution in [0.25, 0.3) is 0 Å². The molecule has 1 nitrogen and oxygen atoms in total. The average molecular weight is 129 g/mol. The fourth-order valence-corrected chi connectivity index (χ4v) is 0. The Morgan fingerprint density at radius 1 is 1.25 bits per heavy atom. The van der Waals surface area contributed by atoms with E-state index >= 15 is 0 Å². The Morgan fingerprint density at radius 2 is 1.25 bits per heavy atom. The number of hydrogen-bond donors (Lipinski definition) is 0. The molecule has 0 rings (SSSR count). The summed E-state index contributed by atoms with van der Waals surface area (Å²) in [4.78, 5) is 0. The molecule has 1 radical (unpaired) electrons. The molecule has 0 aliphatic heterocycles. The van der Waals surface area contributed by atoms with Gasteiger partial charge in [-0.1, -0.05) is 0 Å². The van der Waals surface area contributed by atoms with Gasteiger partial charge in [-0.25, -0.2) is 0 Å². The molecule has 4 heteroatoms. The Morgan fingerprint density at radius 3 is 1.25 bits per heavy atom. The van der Waals surface area contributed by atoms with E-state index in [0.717, 1.165) is 0 Å². The molecule has 4 heavy (non-hydrogen) atoms. The summed E-state index contributed by atoms with van der Waals surface area (Å²) in [6.07, 6.45) is 0. The van der Waals surface area contributed by atoms with Crippen molar-refractivity contribution >= 4 is 33.6 Å². The van der Waals surface area contributed by atoms with Crippen molar-refractivity contribution in [3.63, 3.8) is 0 Å². The van der Waals surface area contributed by atoms with Crippen LogP contribution in [0.1, 0.15) is 0 Å². The number of rotatable bonds is 0. The van der Waals surface area contributed by atoms with Gasteiger partial charge in [0.2, 0.25) is 0 Å². The van der Waals surface area contributed by atoms with Crippen molar-refractivity contribution in [2.24, 2.45) is 0 Å². The van der Waals surface area contributed by atoms with Gasteiger partial charge in [0.05, 0.1) is 0 Å². The van der Waals surface area contributed by atoms with Gasteiger partial charge in [-0.3, -0.25) is 0 Å². The van der Waals surface area contributed by atoms with Crippen molar-refractivity contribution < 1.29 is 20.9 Å². The third-order valence-electron chi connectivity index (χ3n) is 0. The maximum atomic E-state index is 8.28. The summed E-state index contributed by atoms with van der Waals surface area (Å²) in [6.45, 7) is 0. The van der Waals surface area contributed by atoms with Crippen molar-refractivity contribution in [1.82, 2.24) is 0 Å². The topological polar surface area (TPSA) is 17.1 Å². The Kier molecular flexibility index (Phi) is 119. The molecule has 0 fully saturated rings. The molecule has 0 heterocycles. The van der Waals surface area contributed by atoms with Crippen LogP contribution in [-0.2, 0) is 20.9 Å². The third-order valence-corrected chi connectivity index (χ3v) is 0. The summed E-state index contributed by atoms with van der Waals surface area (Å²) < 4.78 is 8.28. The molecule has 0 aromatic rings. The van der Waals surface area contributed by atoms with Gasteiger partial charge >= 0.3 is 20.0 Å². The van der Waals surface area contributed by atoms with Gasteiger partial charge in [-0.05, 0) is 0 Å². The van der Waals surface area contributed by atoms with E-state index in [-0.39, 0.29) is 34.4 Å².